The Bertz CT molecular complexity index is 136. The minimum atomic E-state index is -2.88. The molecule has 8 heteroatoms. The third-order valence-electron chi connectivity index (χ3n) is 1.64. The van der Waals surface area contributed by atoms with E-state index in [0.717, 1.165) is 12.8 Å². The summed E-state index contributed by atoms with van der Waals surface area (Å²) in [6.45, 7) is 2.05. The van der Waals surface area contributed by atoms with Crippen LogP contribution < -0.4 is 0 Å². The van der Waals surface area contributed by atoms with Gasteiger partial charge in [0.1, 0.15) is 0 Å². The summed E-state index contributed by atoms with van der Waals surface area (Å²) in [5.74, 6) is 0. The van der Waals surface area contributed by atoms with E-state index in [-0.39, 0.29) is 5.16 Å². The van der Waals surface area contributed by atoms with Gasteiger partial charge < -0.3 is 0 Å². The fraction of sp³-hybridized carbons (Fsp3) is 1.00. The van der Waals surface area contributed by atoms with E-state index in [2.05, 4.69) is 6.92 Å². The van der Waals surface area contributed by atoms with E-state index in [1.165, 1.54) is 0 Å². The van der Waals surface area contributed by atoms with Crippen molar-refractivity contribution >= 4 is 78.5 Å². The monoisotopic (exact) mass is 336 g/mol. The van der Waals surface area contributed by atoms with Crippen molar-refractivity contribution in [1.29, 1.82) is 0 Å². The average Bonchev–Trinajstić information content (AvgIpc) is 1.81. The Morgan fingerprint density at radius 3 is 1.54 bits per heavy atom. The molecule has 0 aromatic carbocycles. The summed E-state index contributed by atoms with van der Waals surface area (Å²) in [6.07, 6.45) is 2.66. The Labute approximate surface area is 109 Å². The van der Waals surface area contributed by atoms with Crippen LogP contribution in [-0.4, -0.2) is 12.0 Å². The third-order valence-corrected chi connectivity index (χ3v) is 14.4. The molecule has 0 fully saturated rings. The first-order valence-corrected chi connectivity index (χ1v) is 14.1. The molecule has 0 saturated heterocycles. The maximum Gasteiger partial charge on any atom is 0.345 e. The number of unbranched alkanes of at least 4 members (excludes halogenated alkanes) is 1. The van der Waals surface area contributed by atoms with E-state index in [4.69, 9.17) is 66.5 Å². The quantitative estimate of drug-likeness (QED) is 0.465. The summed E-state index contributed by atoms with van der Waals surface area (Å²) in [5, 5.41) is -0.296. The molecule has 0 aliphatic heterocycles. The zero-order valence-electron chi connectivity index (χ0n) is 6.97. The molecule has 0 heterocycles. The molecule has 0 aliphatic carbocycles. The van der Waals surface area contributed by atoms with Crippen molar-refractivity contribution in [3.05, 3.63) is 0 Å². The minimum absolute atomic E-state index is 0.296. The normalized spacial score (nSPS) is 13.8. The molecule has 13 heavy (non-hydrogen) atoms. The fourth-order valence-corrected chi connectivity index (χ4v) is 18.8. The van der Waals surface area contributed by atoms with Crippen molar-refractivity contribution < 1.29 is 0 Å². The van der Waals surface area contributed by atoms with Crippen LogP contribution >= 0.6 is 66.5 Å². The summed E-state index contributed by atoms with van der Waals surface area (Å²) in [6, 6.07) is -5.75. The van der Waals surface area contributed by atoms with Crippen molar-refractivity contribution in [2.45, 2.75) is 31.4 Å². The Kier molecular flexibility index (Phi) is 7.05. The number of hydrogen-bond acceptors (Lipinski definition) is 0. The Morgan fingerprint density at radius 1 is 0.923 bits per heavy atom. The van der Waals surface area contributed by atoms with E-state index in [1.54, 1.807) is 0 Å². The molecular weight excluding hydrogens is 329 g/mol. The number of hydrogen-bond donors (Lipinski definition) is 0. The smallest absolute Gasteiger partial charge is 0.126 e. The highest BCUT2D eigenvalue weighted by molar-refractivity contribution is 7.75. The lowest BCUT2D eigenvalue weighted by Crippen LogP contribution is -2.34. The third kappa shape index (κ3) is 6.36. The lowest BCUT2D eigenvalue weighted by molar-refractivity contribution is 0.746. The van der Waals surface area contributed by atoms with Crippen molar-refractivity contribution in [2.24, 2.45) is 0 Å². The Balaban J connectivity index is 4.39. The van der Waals surface area contributed by atoms with Gasteiger partial charge in [0.2, 0.25) is 0 Å². The van der Waals surface area contributed by atoms with E-state index in [1.807, 2.05) is 0 Å². The van der Waals surface area contributed by atoms with Gasteiger partial charge in [-0.05, 0) is 6.42 Å². The van der Waals surface area contributed by atoms with Crippen molar-refractivity contribution in [3.63, 3.8) is 0 Å². The van der Waals surface area contributed by atoms with Crippen molar-refractivity contribution in [3.8, 4) is 0 Å². The molecule has 0 aliphatic rings. The van der Waals surface area contributed by atoms with Crippen LogP contribution in [-0.2, 0) is 0 Å². The molecular formula is C5H10Cl6Si2. The zero-order chi connectivity index (χ0) is 10.7. The van der Waals surface area contributed by atoms with Gasteiger partial charge in [0.25, 0.3) is 0 Å². The van der Waals surface area contributed by atoms with E-state index >= 15 is 0 Å². The highest BCUT2D eigenvalue weighted by Crippen LogP contribution is 2.48. The predicted octanol–water partition coefficient (Wildman–Crippen LogP) is 5.40. The SMILES string of the molecule is CCCCC([Si](Cl)(Cl)Cl)[Si](Cl)(Cl)Cl. The zero-order valence-corrected chi connectivity index (χ0v) is 13.5. The minimum Gasteiger partial charge on any atom is -0.126 e. The van der Waals surface area contributed by atoms with Gasteiger partial charge in [0.05, 0.1) is 0 Å². The molecule has 0 unspecified atom stereocenters. The molecule has 0 radical (unpaired) electrons. The van der Waals surface area contributed by atoms with Crippen molar-refractivity contribution in [2.75, 3.05) is 0 Å². The van der Waals surface area contributed by atoms with Crippen LogP contribution in [0.5, 0.6) is 0 Å². The molecule has 80 valence electrons. The molecule has 0 aromatic rings. The fourth-order valence-electron chi connectivity index (χ4n) is 0.921. The maximum atomic E-state index is 5.87. The molecule has 0 nitrogen and oxygen atoms in total. The van der Waals surface area contributed by atoms with Gasteiger partial charge in [-0.1, -0.05) is 19.8 Å². The van der Waals surface area contributed by atoms with Crippen LogP contribution in [0, 0.1) is 0 Å². The highest BCUT2D eigenvalue weighted by Gasteiger charge is 2.50. The first-order chi connectivity index (χ1) is 5.69. The lowest BCUT2D eigenvalue weighted by Gasteiger charge is -2.26. The first-order valence-electron chi connectivity index (χ1n) is 3.83. The van der Waals surface area contributed by atoms with Gasteiger partial charge in [-0.15, -0.1) is 66.5 Å². The first kappa shape index (κ1) is 15.2. The van der Waals surface area contributed by atoms with Crippen LogP contribution in [0.15, 0.2) is 0 Å². The highest BCUT2D eigenvalue weighted by atomic mass is 35.8. The molecule has 0 bridgehead atoms. The van der Waals surface area contributed by atoms with Crippen LogP contribution in [0.1, 0.15) is 26.2 Å². The van der Waals surface area contributed by atoms with Gasteiger partial charge in [0.15, 0.2) is 0 Å². The summed E-state index contributed by atoms with van der Waals surface area (Å²) >= 11 is 35.2. The standard InChI is InChI=1S/C5H10Cl6Si2/c1-2-3-4-5(12(6,7)8)13(9,10)11/h5H,2-4H2,1H3. The Morgan fingerprint density at radius 2 is 1.31 bits per heavy atom. The van der Waals surface area contributed by atoms with Crippen molar-refractivity contribution in [1.82, 2.24) is 0 Å². The van der Waals surface area contributed by atoms with E-state index in [0.29, 0.717) is 6.42 Å². The van der Waals surface area contributed by atoms with Crippen LogP contribution in [0.2, 0.25) is 5.16 Å². The molecule has 0 amide bonds. The van der Waals surface area contributed by atoms with Crippen LogP contribution in [0.3, 0.4) is 0 Å². The second kappa shape index (κ2) is 6.04. The van der Waals surface area contributed by atoms with Gasteiger partial charge in [-0.25, -0.2) is 0 Å². The van der Waals surface area contributed by atoms with Crippen LogP contribution in [0.25, 0.3) is 0 Å². The van der Waals surface area contributed by atoms with Gasteiger partial charge in [-0.3, -0.25) is 0 Å². The lowest BCUT2D eigenvalue weighted by atomic mass is 10.3. The summed E-state index contributed by atoms with van der Waals surface area (Å²) in [7, 11) is 0. The number of halogens is 6. The molecule has 0 atom stereocenters. The summed E-state index contributed by atoms with van der Waals surface area (Å²) in [4.78, 5) is 0. The van der Waals surface area contributed by atoms with Gasteiger partial charge in [-0.2, -0.15) is 0 Å². The predicted molar refractivity (Wildman–Crippen MR) is 69.9 cm³/mol. The molecule has 0 spiro atoms. The Hall–Kier alpha value is 2.17. The van der Waals surface area contributed by atoms with Crippen LogP contribution in [0.4, 0.5) is 0 Å². The maximum absolute atomic E-state index is 5.87. The second-order valence-electron chi connectivity index (χ2n) is 2.78. The second-order valence-corrected chi connectivity index (χ2v) is 21.1. The average molecular weight is 339 g/mol. The largest absolute Gasteiger partial charge is 0.345 e. The molecule has 0 saturated carbocycles. The van der Waals surface area contributed by atoms with Gasteiger partial charge >= 0.3 is 12.0 Å². The molecule has 0 rings (SSSR count). The topological polar surface area (TPSA) is 0 Å². The summed E-state index contributed by atoms with van der Waals surface area (Å²) < 4.78 is 0. The van der Waals surface area contributed by atoms with Gasteiger partial charge in [0, 0.05) is 5.16 Å². The summed E-state index contributed by atoms with van der Waals surface area (Å²) in [5.41, 5.74) is 0. The molecule has 0 aromatic heterocycles. The number of rotatable bonds is 5. The van der Waals surface area contributed by atoms with E-state index in [9.17, 15) is 0 Å². The molecule has 0 N–H and O–H groups in total. The van der Waals surface area contributed by atoms with E-state index < -0.39 is 12.0 Å².